The molecule has 4 aromatic rings. The zero-order valence-corrected chi connectivity index (χ0v) is 21.5. The molecular weight excluding hydrogens is 466 g/mol. The molecule has 1 N–H and O–H groups in total. The van der Waals surface area contributed by atoms with Crippen molar-refractivity contribution in [2.45, 2.75) is 38.8 Å². The minimum absolute atomic E-state index is 0.164. The summed E-state index contributed by atoms with van der Waals surface area (Å²) in [6, 6.07) is 12.4. The number of nitrogens with zero attached hydrogens (tertiary/aromatic N) is 6. The third kappa shape index (κ3) is 5.14. The third-order valence-electron chi connectivity index (χ3n) is 7.23. The second-order valence-corrected chi connectivity index (χ2v) is 10.1. The zero-order valence-electron chi connectivity index (χ0n) is 21.5. The molecule has 4 heterocycles. The van der Waals surface area contributed by atoms with E-state index in [2.05, 4.69) is 48.8 Å². The number of nitrogens with one attached hydrogen (secondary N) is 1. The number of hydrogen-bond acceptors (Lipinski definition) is 8. The van der Waals surface area contributed by atoms with Crippen LogP contribution in [0.3, 0.4) is 0 Å². The van der Waals surface area contributed by atoms with Crippen molar-refractivity contribution in [3.8, 4) is 23.1 Å². The van der Waals surface area contributed by atoms with Gasteiger partial charge in [0.1, 0.15) is 24.4 Å². The van der Waals surface area contributed by atoms with Gasteiger partial charge in [-0.1, -0.05) is 30.3 Å². The molecule has 0 amide bonds. The molecule has 0 atom stereocenters. The zero-order chi connectivity index (χ0) is 25.2. The van der Waals surface area contributed by atoms with Crippen LogP contribution in [-0.2, 0) is 6.54 Å². The highest BCUT2D eigenvalue weighted by atomic mass is 16.5. The molecule has 1 aliphatic heterocycles. The quantitative estimate of drug-likeness (QED) is 0.375. The second kappa shape index (κ2) is 10.1. The molecule has 1 saturated carbocycles. The Kier molecular flexibility index (Phi) is 6.48. The number of rotatable bonds is 9. The van der Waals surface area contributed by atoms with E-state index in [0.29, 0.717) is 30.4 Å². The molecule has 192 valence electrons. The second-order valence-electron chi connectivity index (χ2n) is 10.1. The van der Waals surface area contributed by atoms with Crippen LogP contribution in [0.2, 0.25) is 0 Å². The Morgan fingerprint density at radius 3 is 2.59 bits per heavy atom. The summed E-state index contributed by atoms with van der Waals surface area (Å²) in [4.78, 5) is 21.1. The first kappa shape index (κ1) is 23.8. The van der Waals surface area contributed by atoms with E-state index in [9.17, 15) is 0 Å². The number of fused-ring (bicyclic) bond motifs is 1. The average Bonchev–Trinajstić information content (AvgIpc) is 3.54. The molecule has 0 spiro atoms. The van der Waals surface area contributed by atoms with Crippen molar-refractivity contribution in [3.63, 3.8) is 0 Å². The first-order valence-corrected chi connectivity index (χ1v) is 13.1. The maximum atomic E-state index is 6.27. The summed E-state index contributed by atoms with van der Waals surface area (Å²) in [5.74, 6) is 1.98. The van der Waals surface area contributed by atoms with Gasteiger partial charge in [-0.3, -0.25) is 4.90 Å². The minimum atomic E-state index is -0.164. The number of pyridine rings is 1. The van der Waals surface area contributed by atoms with Crippen LogP contribution in [0.15, 0.2) is 48.9 Å². The first-order chi connectivity index (χ1) is 18.1. The molecule has 1 aromatic carbocycles. The summed E-state index contributed by atoms with van der Waals surface area (Å²) >= 11 is 0. The van der Waals surface area contributed by atoms with E-state index >= 15 is 0 Å². The molecule has 6 rings (SSSR count). The highest BCUT2D eigenvalue weighted by Gasteiger charge is 2.41. The summed E-state index contributed by atoms with van der Waals surface area (Å²) < 4.78 is 14.6. The fourth-order valence-corrected chi connectivity index (χ4v) is 4.73. The van der Waals surface area contributed by atoms with E-state index in [4.69, 9.17) is 14.5 Å². The maximum absolute atomic E-state index is 6.27. The van der Waals surface area contributed by atoms with Gasteiger partial charge in [0, 0.05) is 50.0 Å². The van der Waals surface area contributed by atoms with Gasteiger partial charge in [0.15, 0.2) is 11.2 Å². The van der Waals surface area contributed by atoms with Gasteiger partial charge in [0.2, 0.25) is 11.8 Å². The van der Waals surface area contributed by atoms with Crippen LogP contribution in [0.4, 0.5) is 0 Å². The molecule has 1 aliphatic carbocycles. The lowest BCUT2D eigenvalue weighted by molar-refractivity contribution is 0.187. The first-order valence-electron chi connectivity index (χ1n) is 13.1. The van der Waals surface area contributed by atoms with Gasteiger partial charge in [0.05, 0.1) is 6.54 Å². The van der Waals surface area contributed by atoms with Crippen LogP contribution in [-0.4, -0.2) is 74.3 Å². The molecular formula is C28H33N7O2. The smallest absolute Gasteiger partial charge is 0.245 e. The van der Waals surface area contributed by atoms with Gasteiger partial charge < -0.3 is 19.4 Å². The highest BCUT2D eigenvalue weighted by Crippen LogP contribution is 2.41. The number of hydrogen-bond donors (Lipinski definition) is 1. The Bertz CT molecular complexity index is 1380. The van der Waals surface area contributed by atoms with Gasteiger partial charge in [-0.05, 0) is 38.3 Å². The lowest BCUT2D eigenvalue weighted by Crippen LogP contribution is -2.44. The number of benzene rings is 1. The SMILES string of the molecule is Cc1c(-c2nc3c(OC4(C)CC4)ncnc3n2Cc2ccccc2)ccnc1OCCN1CCNCC1. The van der Waals surface area contributed by atoms with Crippen molar-refractivity contribution in [1.29, 1.82) is 0 Å². The lowest BCUT2D eigenvalue weighted by Gasteiger charge is -2.27. The number of ether oxygens (including phenoxy) is 2. The van der Waals surface area contributed by atoms with Crippen molar-refractivity contribution in [2.24, 2.45) is 0 Å². The van der Waals surface area contributed by atoms with Gasteiger partial charge in [-0.2, -0.15) is 4.98 Å². The molecule has 1 saturated heterocycles. The van der Waals surface area contributed by atoms with E-state index in [1.807, 2.05) is 31.2 Å². The summed E-state index contributed by atoms with van der Waals surface area (Å²) in [5, 5.41) is 3.39. The van der Waals surface area contributed by atoms with Gasteiger partial charge >= 0.3 is 0 Å². The van der Waals surface area contributed by atoms with E-state index in [0.717, 1.165) is 73.7 Å². The van der Waals surface area contributed by atoms with Crippen molar-refractivity contribution >= 4 is 11.2 Å². The molecule has 9 nitrogen and oxygen atoms in total. The molecule has 0 bridgehead atoms. The van der Waals surface area contributed by atoms with E-state index in [-0.39, 0.29) is 5.60 Å². The van der Waals surface area contributed by atoms with Crippen molar-refractivity contribution in [3.05, 3.63) is 60.0 Å². The summed E-state index contributed by atoms with van der Waals surface area (Å²) in [6.07, 6.45) is 5.41. The minimum Gasteiger partial charge on any atom is -0.476 e. The lowest BCUT2D eigenvalue weighted by atomic mass is 10.1. The number of piperazine rings is 1. The Morgan fingerprint density at radius 2 is 1.81 bits per heavy atom. The van der Waals surface area contributed by atoms with Gasteiger partial charge in [-0.15, -0.1) is 0 Å². The normalized spacial score (nSPS) is 17.1. The van der Waals surface area contributed by atoms with Crippen LogP contribution in [0.1, 0.15) is 30.9 Å². The summed E-state index contributed by atoms with van der Waals surface area (Å²) in [6.45, 7) is 10.4. The molecule has 9 heteroatoms. The summed E-state index contributed by atoms with van der Waals surface area (Å²) in [5.41, 5.74) is 4.35. The van der Waals surface area contributed by atoms with Gasteiger partial charge in [-0.25, -0.2) is 15.0 Å². The van der Waals surface area contributed by atoms with Crippen molar-refractivity contribution < 1.29 is 9.47 Å². The van der Waals surface area contributed by atoms with E-state index in [1.165, 1.54) is 0 Å². The summed E-state index contributed by atoms with van der Waals surface area (Å²) in [7, 11) is 0. The topological polar surface area (TPSA) is 90.2 Å². The largest absolute Gasteiger partial charge is 0.476 e. The monoisotopic (exact) mass is 499 g/mol. The Balaban J connectivity index is 1.36. The fraction of sp³-hybridized carbons (Fsp3) is 0.429. The predicted octanol–water partition coefficient (Wildman–Crippen LogP) is 3.46. The fourth-order valence-electron chi connectivity index (χ4n) is 4.73. The standard InChI is InChI=1S/C28H33N7O2/c1-20-22(8-11-30-26(20)36-17-16-34-14-12-29-13-15-34)24-33-23-25(35(24)18-21-6-4-3-5-7-21)31-19-32-27(23)37-28(2)9-10-28/h3-8,11,19,29H,9-10,12-18H2,1-2H3. The average molecular weight is 500 g/mol. The van der Waals surface area contributed by atoms with E-state index < -0.39 is 0 Å². The highest BCUT2D eigenvalue weighted by molar-refractivity contribution is 5.82. The number of imidazole rings is 1. The number of aromatic nitrogens is 5. The molecule has 3 aromatic heterocycles. The molecule has 37 heavy (non-hydrogen) atoms. The predicted molar refractivity (Wildman–Crippen MR) is 142 cm³/mol. The van der Waals surface area contributed by atoms with Crippen LogP contribution in [0.5, 0.6) is 11.8 Å². The molecule has 0 radical (unpaired) electrons. The molecule has 2 fully saturated rings. The van der Waals surface area contributed by atoms with E-state index in [1.54, 1.807) is 12.5 Å². The maximum Gasteiger partial charge on any atom is 0.245 e. The van der Waals surface area contributed by atoms with Gasteiger partial charge in [0.25, 0.3) is 0 Å². The van der Waals surface area contributed by atoms with Crippen molar-refractivity contribution in [2.75, 3.05) is 39.3 Å². The third-order valence-corrected chi connectivity index (χ3v) is 7.23. The molecule has 2 aliphatic rings. The Labute approximate surface area is 216 Å². The van der Waals surface area contributed by atoms with Crippen LogP contribution in [0, 0.1) is 6.92 Å². The van der Waals surface area contributed by atoms with Crippen LogP contribution >= 0.6 is 0 Å². The Morgan fingerprint density at radius 1 is 1.00 bits per heavy atom. The van der Waals surface area contributed by atoms with Crippen LogP contribution in [0.25, 0.3) is 22.6 Å². The Hall–Kier alpha value is -3.56. The molecule has 0 unspecified atom stereocenters. The van der Waals surface area contributed by atoms with Crippen molar-refractivity contribution in [1.82, 2.24) is 34.7 Å². The van der Waals surface area contributed by atoms with Crippen LogP contribution < -0.4 is 14.8 Å².